The van der Waals surface area contributed by atoms with Crippen LogP contribution in [0.4, 0.5) is 9.39 Å². The number of carboxylic acids is 1. The van der Waals surface area contributed by atoms with Gasteiger partial charge in [-0.3, -0.25) is 4.79 Å². The Bertz CT molecular complexity index is 784. The van der Waals surface area contributed by atoms with Crippen LogP contribution < -0.4 is 5.32 Å². The molecule has 0 saturated heterocycles. The van der Waals surface area contributed by atoms with E-state index in [0.717, 1.165) is 23.3 Å². The van der Waals surface area contributed by atoms with E-state index in [1.54, 1.807) is 6.07 Å². The Morgan fingerprint density at radius 1 is 1.35 bits per heavy atom. The molecule has 0 aliphatic heterocycles. The Hall–Kier alpha value is -2.21. The van der Waals surface area contributed by atoms with E-state index in [-0.39, 0.29) is 11.1 Å². The quantitative estimate of drug-likeness (QED) is 0.893. The summed E-state index contributed by atoms with van der Waals surface area (Å²) in [6, 6.07) is 5.64. The van der Waals surface area contributed by atoms with Crippen molar-refractivity contribution < 1.29 is 19.1 Å². The minimum atomic E-state index is -1.05. The number of nitrogens with one attached hydrogen (secondary N) is 1. The standard InChI is InChI=1S/C17H16FNO3S/c1-9-6-7-11-13(8-9)23-16(14(11)17(21)22)19-15(20)10-4-2-3-5-12(10)18/h2-5,9H,6-8H2,1H3,(H,19,20)(H,21,22). The van der Waals surface area contributed by atoms with Crippen molar-refractivity contribution >= 4 is 28.2 Å². The highest BCUT2D eigenvalue weighted by Gasteiger charge is 2.28. The van der Waals surface area contributed by atoms with Crippen molar-refractivity contribution in [1.29, 1.82) is 0 Å². The van der Waals surface area contributed by atoms with E-state index in [4.69, 9.17) is 0 Å². The molecule has 0 bridgehead atoms. The third kappa shape index (κ3) is 2.99. The Labute approximate surface area is 137 Å². The van der Waals surface area contributed by atoms with Crippen molar-refractivity contribution in [2.75, 3.05) is 5.32 Å². The zero-order chi connectivity index (χ0) is 16.6. The van der Waals surface area contributed by atoms with Gasteiger partial charge >= 0.3 is 5.97 Å². The number of fused-ring (bicyclic) bond motifs is 1. The number of anilines is 1. The van der Waals surface area contributed by atoms with Crippen molar-refractivity contribution in [3.05, 3.63) is 51.7 Å². The number of thiophene rings is 1. The Morgan fingerprint density at radius 3 is 2.78 bits per heavy atom. The van der Waals surface area contributed by atoms with Gasteiger partial charge in [0.25, 0.3) is 5.91 Å². The molecule has 0 saturated carbocycles. The van der Waals surface area contributed by atoms with Crippen LogP contribution in [0.5, 0.6) is 0 Å². The zero-order valence-corrected chi connectivity index (χ0v) is 13.4. The van der Waals surface area contributed by atoms with Crippen molar-refractivity contribution in [3.63, 3.8) is 0 Å². The topological polar surface area (TPSA) is 66.4 Å². The molecule has 1 aromatic carbocycles. The van der Waals surface area contributed by atoms with Crippen molar-refractivity contribution in [2.45, 2.75) is 26.2 Å². The van der Waals surface area contributed by atoms with E-state index < -0.39 is 17.7 Å². The van der Waals surface area contributed by atoms with Crippen molar-refractivity contribution in [3.8, 4) is 0 Å². The van der Waals surface area contributed by atoms with Gasteiger partial charge in [0, 0.05) is 4.88 Å². The SMILES string of the molecule is CC1CCc2c(sc(NC(=O)c3ccccc3F)c2C(=O)O)C1. The molecule has 1 aromatic heterocycles. The summed E-state index contributed by atoms with van der Waals surface area (Å²) in [5.41, 5.74) is 0.870. The Balaban J connectivity index is 1.96. The number of hydrogen-bond acceptors (Lipinski definition) is 3. The molecule has 1 heterocycles. The predicted molar refractivity (Wildman–Crippen MR) is 86.8 cm³/mol. The van der Waals surface area contributed by atoms with Crippen LogP contribution in [0.3, 0.4) is 0 Å². The highest BCUT2D eigenvalue weighted by Crippen LogP contribution is 2.39. The van der Waals surface area contributed by atoms with E-state index in [9.17, 15) is 19.1 Å². The molecular formula is C17H16FNO3S. The first-order chi connectivity index (χ1) is 11.0. The minimum absolute atomic E-state index is 0.0939. The lowest BCUT2D eigenvalue weighted by Crippen LogP contribution is -2.16. The summed E-state index contributed by atoms with van der Waals surface area (Å²) in [5.74, 6) is -1.81. The average Bonchev–Trinajstić information content (AvgIpc) is 2.84. The summed E-state index contributed by atoms with van der Waals surface area (Å²) in [6.45, 7) is 2.13. The molecule has 0 fully saturated rings. The molecule has 1 amide bonds. The Morgan fingerprint density at radius 2 is 2.09 bits per heavy atom. The van der Waals surface area contributed by atoms with Gasteiger partial charge in [0.1, 0.15) is 10.8 Å². The lowest BCUT2D eigenvalue weighted by molar-refractivity contribution is 0.0697. The molecule has 2 N–H and O–H groups in total. The van der Waals surface area contributed by atoms with E-state index in [1.807, 2.05) is 0 Å². The van der Waals surface area contributed by atoms with Gasteiger partial charge in [-0.15, -0.1) is 11.3 Å². The number of halogens is 1. The molecule has 0 spiro atoms. The monoisotopic (exact) mass is 333 g/mol. The third-order valence-electron chi connectivity index (χ3n) is 4.07. The number of aromatic carboxylic acids is 1. The fourth-order valence-corrected chi connectivity index (χ4v) is 4.28. The van der Waals surface area contributed by atoms with Crippen molar-refractivity contribution in [1.82, 2.24) is 0 Å². The van der Waals surface area contributed by atoms with E-state index in [0.29, 0.717) is 17.3 Å². The summed E-state index contributed by atoms with van der Waals surface area (Å²) < 4.78 is 13.7. The maximum Gasteiger partial charge on any atom is 0.339 e. The number of carbonyl (C=O) groups excluding carboxylic acids is 1. The molecule has 120 valence electrons. The largest absolute Gasteiger partial charge is 0.478 e. The molecule has 1 aliphatic rings. The second-order valence-electron chi connectivity index (χ2n) is 5.80. The van der Waals surface area contributed by atoms with Crippen molar-refractivity contribution in [2.24, 2.45) is 5.92 Å². The molecular weight excluding hydrogens is 317 g/mol. The highest BCUT2D eigenvalue weighted by atomic mass is 32.1. The van der Waals surface area contributed by atoms with Gasteiger partial charge < -0.3 is 10.4 Å². The lowest BCUT2D eigenvalue weighted by atomic mass is 9.88. The molecule has 1 atom stereocenters. The molecule has 1 unspecified atom stereocenters. The highest BCUT2D eigenvalue weighted by molar-refractivity contribution is 7.17. The third-order valence-corrected chi connectivity index (χ3v) is 5.24. The van der Waals surface area contributed by atoms with Crippen LogP contribution in [-0.4, -0.2) is 17.0 Å². The fourth-order valence-electron chi connectivity index (χ4n) is 2.88. The van der Waals surface area contributed by atoms with Crippen LogP contribution in [0.15, 0.2) is 24.3 Å². The summed E-state index contributed by atoms with van der Waals surface area (Å²) in [7, 11) is 0. The molecule has 1 aliphatic carbocycles. The van der Waals surface area contributed by atoms with E-state index in [2.05, 4.69) is 12.2 Å². The second kappa shape index (κ2) is 6.12. The smallest absolute Gasteiger partial charge is 0.339 e. The number of carboxylic acid groups (broad SMARTS) is 1. The number of rotatable bonds is 3. The minimum Gasteiger partial charge on any atom is -0.478 e. The maximum atomic E-state index is 13.7. The normalized spacial score (nSPS) is 16.7. The molecule has 23 heavy (non-hydrogen) atoms. The first kappa shape index (κ1) is 15.7. The predicted octanol–water partition coefficient (Wildman–Crippen LogP) is 3.96. The summed E-state index contributed by atoms with van der Waals surface area (Å²) in [6.07, 6.45) is 2.45. The van der Waals surface area contributed by atoms with Gasteiger partial charge in [-0.05, 0) is 42.9 Å². The second-order valence-corrected chi connectivity index (χ2v) is 6.90. The summed E-state index contributed by atoms with van der Waals surface area (Å²) in [5, 5.41) is 12.4. The molecule has 2 aromatic rings. The average molecular weight is 333 g/mol. The van der Waals surface area contributed by atoms with Crippen LogP contribution in [-0.2, 0) is 12.8 Å². The first-order valence-corrected chi connectivity index (χ1v) is 8.22. The fraction of sp³-hybridized carbons (Fsp3) is 0.294. The Kier molecular flexibility index (Phi) is 4.17. The first-order valence-electron chi connectivity index (χ1n) is 7.41. The molecule has 0 radical (unpaired) electrons. The van der Waals surface area contributed by atoms with E-state index in [1.165, 1.54) is 29.5 Å². The van der Waals surface area contributed by atoms with Crippen LogP contribution in [0.2, 0.25) is 0 Å². The molecule has 3 rings (SSSR count). The summed E-state index contributed by atoms with van der Waals surface area (Å²) in [4.78, 5) is 24.9. The summed E-state index contributed by atoms with van der Waals surface area (Å²) >= 11 is 1.29. The van der Waals surface area contributed by atoms with Crippen LogP contribution in [0, 0.1) is 11.7 Å². The number of benzene rings is 1. The van der Waals surface area contributed by atoms with Crippen LogP contribution in [0.25, 0.3) is 0 Å². The van der Waals surface area contributed by atoms with Gasteiger partial charge in [0.05, 0.1) is 11.1 Å². The molecule has 6 heteroatoms. The zero-order valence-electron chi connectivity index (χ0n) is 12.6. The van der Waals surface area contributed by atoms with Crippen LogP contribution >= 0.6 is 11.3 Å². The number of amides is 1. The maximum absolute atomic E-state index is 13.7. The van der Waals surface area contributed by atoms with Crippen LogP contribution in [0.1, 0.15) is 44.5 Å². The van der Waals surface area contributed by atoms with Gasteiger partial charge in [0.2, 0.25) is 0 Å². The van der Waals surface area contributed by atoms with Gasteiger partial charge in [0.15, 0.2) is 0 Å². The number of hydrogen-bond donors (Lipinski definition) is 2. The van der Waals surface area contributed by atoms with Gasteiger partial charge in [-0.25, -0.2) is 9.18 Å². The molecule has 4 nitrogen and oxygen atoms in total. The number of carbonyl (C=O) groups is 2. The lowest BCUT2D eigenvalue weighted by Gasteiger charge is -2.17. The van der Waals surface area contributed by atoms with Gasteiger partial charge in [-0.1, -0.05) is 19.1 Å². The van der Waals surface area contributed by atoms with Gasteiger partial charge in [-0.2, -0.15) is 0 Å². The van der Waals surface area contributed by atoms with E-state index >= 15 is 0 Å².